The number of ether oxygens (including phenoxy) is 2. The van der Waals surface area contributed by atoms with E-state index in [4.69, 9.17) is 9.47 Å². The minimum Gasteiger partial charge on any atom is -0.497 e. The van der Waals surface area contributed by atoms with Gasteiger partial charge in [0.15, 0.2) is 0 Å². The Morgan fingerprint density at radius 3 is 2.57 bits per heavy atom. The van der Waals surface area contributed by atoms with Crippen LogP contribution in [0.1, 0.15) is 17.5 Å². The van der Waals surface area contributed by atoms with Gasteiger partial charge in [0, 0.05) is 18.7 Å². The van der Waals surface area contributed by atoms with Crippen LogP contribution in [0, 0.1) is 6.92 Å². The van der Waals surface area contributed by atoms with Gasteiger partial charge in [-0.1, -0.05) is 29.8 Å². The number of methoxy groups -OCH3 is 1. The minimum absolute atomic E-state index is 0.0280. The van der Waals surface area contributed by atoms with Gasteiger partial charge in [0.25, 0.3) is 5.91 Å². The molecule has 6 heteroatoms. The van der Waals surface area contributed by atoms with Gasteiger partial charge in [-0.25, -0.2) is 0 Å². The monoisotopic (exact) mass is 382 g/mol. The van der Waals surface area contributed by atoms with E-state index in [2.05, 4.69) is 5.32 Å². The molecule has 0 spiro atoms. The quantitative estimate of drug-likeness (QED) is 0.799. The zero-order chi connectivity index (χ0) is 19.9. The Morgan fingerprint density at radius 1 is 1.18 bits per heavy atom. The Hall–Kier alpha value is -2.86. The number of carbonyl (C=O) groups is 2. The SMILES string of the molecule is COc1ccc(CCC(=O)NCC2CN(c3ccc(C)cc3)C(=O)CO2)cc1. The summed E-state index contributed by atoms with van der Waals surface area (Å²) in [4.78, 5) is 26.1. The average molecular weight is 382 g/mol. The zero-order valence-electron chi connectivity index (χ0n) is 16.3. The lowest BCUT2D eigenvalue weighted by Gasteiger charge is -2.33. The highest BCUT2D eigenvalue weighted by molar-refractivity contribution is 5.95. The Labute approximate surface area is 165 Å². The van der Waals surface area contributed by atoms with Crippen LogP contribution in [0.15, 0.2) is 48.5 Å². The van der Waals surface area contributed by atoms with Gasteiger partial charge in [0.2, 0.25) is 5.91 Å². The molecule has 1 saturated heterocycles. The number of rotatable bonds is 7. The Bertz CT molecular complexity index is 802. The van der Waals surface area contributed by atoms with E-state index in [1.807, 2.05) is 55.5 Å². The molecule has 6 nitrogen and oxygen atoms in total. The molecule has 1 aliphatic rings. The van der Waals surface area contributed by atoms with Gasteiger partial charge in [-0.05, 0) is 43.2 Å². The van der Waals surface area contributed by atoms with Gasteiger partial charge < -0.3 is 19.7 Å². The summed E-state index contributed by atoms with van der Waals surface area (Å²) < 4.78 is 10.7. The van der Waals surface area contributed by atoms with E-state index in [1.165, 1.54) is 0 Å². The van der Waals surface area contributed by atoms with Gasteiger partial charge in [-0.2, -0.15) is 0 Å². The molecule has 28 heavy (non-hydrogen) atoms. The van der Waals surface area contributed by atoms with E-state index in [0.717, 1.165) is 22.6 Å². The smallest absolute Gasteiger partial charge is 0.253 e. The fourth-order valence-corrected chi connectivity index (χ4v) is 3.09. The molecule has 1 heterocycles. The molecule has 1 aliphatic heterocycles. The first-order chi connectivity index (χ1) is 13.5. The highest BCUT2D eigenvalue weighted by Crippen LogP contribution is 2.19. The fraction of sp³-hybridized carbons (Fsp3) is 0.364. The van der Waals surface area contributed by atoms with Crippen LogP contribution < -0.4 is 15.0 Å². The van der Waals surface area contributed by atoms with E-state index < -0.39 is 0 Å². The van der Waals surface area contributed by atoms with Crippen molar-refractivity contribution >= 4 is 17.5 Å². The highest BCUT2D eigenvalue weighted by atomic mass is 16.5. The summed E-state index contributed by atoms with van der Waals surface area (Å²) in [6.07, 6.45) is 0.846. The molecular weight excluding hydrogens is 356 g/mol. The van der Waals surface area contributed by atoms with Crippen LogP contribution in [-0.4, -0.2) is 44.7 Å². The number of hydrogen-bond donors (Lipinski definition) is 1. The van der Waals surface area contributed by atoms with Crippen molar-refractivity contribution in [1.82, 2.24) is 5.32 Å². The number of anilines is 1. The summed E-state index contributed by atoms with van der Waals surface area (Å²) in [6, 6.07) is 15.5. The first-order valence-electron chi connectivity index (χ1n) is 9.43. The molecule has 148 valence electrons. The number of carbonyl (C=O) groups excluding carboxylic acids is 2. The molecule has 2 aromatic rings. The largest absolute Gasteiger partial charge is 0.497 e. The van der Waals surface area contributed by atoms with Gasteiger partial charge in [-0.3, -0.25) is 9.59 Å². The maximum absolute atomic E-state index is 12.2. The van der Waals surface area contributed by atoms with Gasteiger partial charge >= 0.3 is 0 Å². The maximum atomic E-state index is 12.2. The number of nitrogens with zero attached hydrogens (tertiary/aromatic N) is 1. The average Bonchev–Trinajstić information content (AvgIpc) is 2.72. The molecule has 1 fully saturated rings. The van der Waals surface area contributed by atoms with Crippen molar-refractivity contribution in [2.45, 2.75) is 25.9 Å². The second-order valence-corrected chi connectivity index (χ2v) is 6.93. The molecule has 2 aromatic carbocycles. The molecule has 0 aromatic heterocycles. The van der Waals surface area contributed by atoms with E-state index >= 15 is 0 Å². The summed E-state index contributed by atoms with van der Waals surface area (Å²) in [5.74, 6) is 0.708. The van der Waals surface area contributed by atoms with Crippen molar-refractivity contribution < 1.29 is 19.1 Å². The minimum atomic E-state index is -0.219. The van der Waals surface area contributed by atoms with Crippen LogP contribution in [0.5, 0.6) is 5.75 Å². The van der Waals surface area contributed by atoms with Crippen molar-refractivity contribution in [2.75, 3.05) is 31.7 Å². The number of amides is 2. The first-order valence-corrected chi connectivity index (χ1v) is 9.43. The van der Waals surface area contributed by atoms with Gasteiger partial charge in [0.05, 0.1) is 19.8 Å². The maximum Gasteiger partial charge on any atom is 0.253 e. The Balaban J connectivity index is 1.46. The van der Waals surface area contributed by atoms with Crippen LogP contribution in [0.2, 0.25) is 0 Å². The molecular formula is C22H26N2O4. The number of nitrogens with one attached hydrogen (secondary N) is 1. The molecule has 1 unspecified atom stereocenters. The third-order valence-corrected chi connectivity index (χ3v) is 4.80. The van der Waals surface area contributed by atoms with E-state index in [-0.39, 0.29) is 24.5 Å². The predicted octanol–water partition coefficient (Wildman–Crippen LogP) is 2.48. The second kappa shape index (κ2) is 9.37. The number of morpholine rings is 1. The van der Waals surface area contributed by atoms with Crippen molar-refractivity contribution in [3.63, 3.8) is 0 Å². The second-order valence-electron chi connectivity index (χ2n) is 6.93. The summed E-state index contributed by atoms with van der Waals surface area (Å²) in [7, 11) is 1.63. The van der Waals surface area contributed by atoms with Gasteiger partial charge in [-0.15, -0.1) is 0 Å². The summed E-state index contributed by atoms with van der Waals surface area (Å²) in [5.41, 5.74) is 3.08. The summed E-state index contributed by atoms with van der Waals surface area (Å²) in [6.45, 7) is 2.85. The Kier molecular flexibility index (Phi) is 6.66. The molecule has 0 aliphatic carbocycles. The molecule has 2 amide bonds. The number of aryl methyl sites for hydroxylation is 2. The Morgan fingerprint density at radius 2 is 1.89 bits per heavy atom. The van der Waals surface area contributed by atoms with Crippen molar-refractivity contribution in [1.29, 1.82) is 0 Å². The highest BCUT2D eigenvalue weighted by Gasteiger charge is 2.27. The molecule has 0 bridgehead atoms. The normalized spacial score (nSPS) is 16.7. The van der Waals surface area contributed by atoms with Crippen molar-refractivity contribution in [3.8, 4) is 5.75 Å². The lowest BCUT2D eigenvalue weighted by atomic mass is 10.1. The molecule has 3 rings (SSSR count). The third-order valence-electron chi connectivity index (χ3n) is 4.80. The van der Waals surface area contributed by atoms with Crippen LogP contribution in [0.3, 0.4) is 0 Å². The topological polar surface area (TPSA) is 67.9 Å². The van der Waals surface area contributed by atoms with E-state index in [9.17, 15) is 9.59 Å². The zero-order valence-corrected chi connectivity index (χ0v) is 16.3. The number of benzene rings is 2. The first kappa shape index (κ1) is 19.9. The number of hydrogen-bond acceptors (Lipinski definition) is 4. The molecule has 0 saturated carbocycles. The predicted molar refractivity (Wildman–Crippen MR) is 108 cm³/mol. The standard InChI is InChI=1S/C22H26N2O4/c1-16-3-8-18(9-4-16)24-14-20(28-15-22(24)26)13-23-21(25)12-7-17-5-10-19(27-2)11-6-17/h3-6,8-11,20H,7,12-15H2,1-2H3,(H,23,25). The summed E-state index contributed by atoms with van der Waals surface area (Å²) >= 11 is 0. The lowest BCUT2D eigenvalue weighted by Crippen LogP contribution is -2.50. The molecule has 1 atom stereocenters. The van der Waals surface area contributed by atoms with Crippen LogP contribution >= 0.6 is 0 Å². The van der Waals surface area contributed by atoms with E-state index in [1.54, 1.807) is 12.0 Å². The third kappa shape index (κ3) is 5.33. The van der Waals surface area contributed by atoms with Crippen molar-refractivity contribution in [3.05, 3.63) is 59.7 Å². The van der Waals surface area contributed by atoms with Crippen LogP contribution in [-0.2, 0) is 20.7 Å². The van der Waals surface area contributed by atoms with Crippen molar-refractivity contribution in [2.24, 2.45) is 0 Å². The van der Waals surface area contributed by atoms with Gasteiger partial charge in [0.1, 0.15) is 12.4 Å². The molecule has 1 N–H and O–H groups in total. The molecule has 0 radical (unpaired) electrons. The van der Waals surface area contributed by atoms with E-state index in [0.29, 0.717) is 25.9 Å². The lowest BCUT2D eigenvalue weighted by molar-refractivity contribution is -0.129. The fourth-order valence-electron chi connectivity index (χ4n) is 3.09. The van der Waals surface area contributed by atoms with Crippen LogP contribution in [0.25, 0.3) is 0 Å². The summed E-state index contributed by atoms with van der Waals surface area (Å²) in [5, 5.41) is 2.91. The van der Waals surface area contributed by atoms with Crippen LogP contribution in [0.4, 0.5) is 5.69 Å².